The summed E-state index contributed by atoms with van der Waals surface area (Å²) >= 11 is 0. The summed E-state index contributed by atoms with van der Waals surface area (Å²) in [5, 5.41) is 3.48. The quantitative estimate of drug-likeness (QED) is 0.544. The fourth-order valence-electron chi connectivity index (χ4n) is 1.46. The first-order chi connectivity index (χ1) is 4.84. The van der Waals surface area contributed by atoms with Gasteiger partial charge in [0.1, 0.15) is 0 Å². The smallest absolute Gasteiger partial charge is 0.0643 e. The van der Waals surface area contributed by atoms with Crippen LogP contribution in [0.1, 0.15) is 12.8 Å². The van der Waals surface area contributed by atoms with Crippen molar-refractivity contribution < 1.29 is 4.74 Å². The minimum absolute atomic E-state index is 0.457. The molecule has 58 valence electrons. The molecule has 1 aliphatic carbocycles. The van der Waals surface area contributed by atoms with E-state index in [0.717, 1.165) is 26.1 Å². The van der Waals surface area contributed by atoms with E-state index < -0.39 is 0 Å². The predicted molar refractivity (Wildman–Crippen MR) is 38.7 cm³/mol. The Bertz CT molecular complexity index is 119. The number of nitrogens with two attached hydrogens (primary N) is 1. The molecule has 1 saturated heterocycles. The highest BCUT2D eigenvalue weighted by atomic mass is 16.5. The maximum atomic E-state index is 5.63. The van der Waals surface area contributed by atoms with E-state index in [1.807, 2.05) is 0 Å². The fourth-order valence-corrected chi connectivity index (χ4v) is 1.46. The molecule has 3 nitrogen and oxygen atoms in total. The van der Waals surface area contributed by atoms with Gasteiger partial charge in [-0.2, -0.15) is 0 Å². The summed E-state index contributed by atoms with van der Waals surface area (Å²) in [7, 11) is 0. The summed E-state index contributed by atoms with van der Waals surface area (Å²) in [4.78, 5) is 0. The number of nitrogens with one attached hydrogen (secondary N) is 1. The van der Waals surface area contributed by atoms with Crippen LogP contribution in [0.15, 0.2) is 0 Å². The number of hydrogen-bond donors (Lipinski definition) is 2. The molecule has 3 heteroatoms. The molecule has 3 N–H and O–H groups in total. The van der Waals surface area contributed by atoms with E-state index in [9.17, 15) is 0 Å². The Labute approximate surface area is 60.9 Å². The van der Waals surface area contributed by atoms with Crippen LogP contribution in [0.2, 0.25) is 0 Å². The Morgan fingerprint density at radius 3 is 2.30 bits per heavy atom. The van der Waals surface area contributed by atoms with Crippen LogP contribution in [-0.2, 0) is 4.74 Å². The average molecular weight is 142 g/mol. The van der Waals surface area contributed by atoms with Gasteiger partial charge in [-0.05, 0) is 12.8 Å². The van der Waals surface area contributed by atoms with Crippen molar-refractivity contribution in [1.29, 1.82) is 0 Å². The van der Waals surface area contributed by atoms with Crippen molar-refractivity contribution in [2.75, 3.05) is 13.2 Å². The van der Waals surface area contributed by atoms with E-state index in [4.69, 9.17) is 10.5 Å². The summed E-state index contributed by atoms with van der Waals surface area (Å²) in [6.07, 6.45) is 2.30. The van der Waals surface area contributed by atoms with Gasteiger partial charge in [-0.3, -0.25) is 0 Å². The van der Waals surface area contributed by atoms with E-state index in [0.29, 0.717) is 18.1 Å². The zero-order valence-electron chi connectivity index (χ0n) is 6.05. The largest absolute Gasteiger partial charge is 0.378 e. The summed E-state index contributed by atoms with van der Waals surface area (Å²) in [5.74, 6) is 0. The van der Waals surface area contributed by atoms with Crippen molar-refractivity contribution >= 4 is 0 Å². The molecule has 2 rings (SSSR count). The maximum Gasteiger partial charge on any atom is 0.0643 e. The monoisotopic (exact) mass is 142 g/mol. The second-order valence-corrected chi connectivity index (χ2v) is 3.33. The highest BCUT2D eigenvalue weighted by molar-refractivity contribution is 4.90. The van der Waals surface area contributed by atoms with E-state index in [1.165, 1.54) is 0 Å². The summed E-state index contributed by atoms with van der Waals surface area (Å²) in [5.41, 5.74) is 5.63. The molecule has 0 unspecified atom stereocenters. The van der Waals surface area contributed by atoms with Gasteiger partial charge in [-0.15, -0.1) is 0 Å². The van der Waals surface area contributed by atoms with Crippen molar-refractivity contribution in [3.8, 4) is 0 Å². The standard InChI is InChI=1S/C7H14N2O/c8-5-1-6(2-5)9-7-3-10-4-7/h5-7,9H,1-4,8H2. The van der Waals surface area contributed by atoms with Crippen LogP contribution < -0.4 is 11.1 Å². The molecular weight excluding hydrogens is 128 g/mol. The third-order valence-electron chi connectivity index (χ3n) is 2.28. The van der Waals surface area contributed by atoms with Gasteiger partial charge in [0.25, 0.3) is 0 Å². The molecule has 0 aromatic heterocycles. The predicted octanol–water partition coefficient (Wildman–Crippen LogP) is -0.536. The Hall–Kier alpha value is -0.120. The first kappa shape index (κ1) is 6.58. The van der Waals surface area contributed by atoms with Crippen LogP contribution in [0.3, 0.4) is 0 Å². The number of ether oxygens (including phenoxy) is 1. The Balaban J connectivity index is 1.62. The molecule has 2 fully saturated rings. The van der Waals surface area contributed by atoms with E-state index in [1.54, 1.807) is 0 Å². The van der Waals surface area contributed by atoms with E-state index in [2.05, 4.69) is 5.32 Å². The molecular formula is C7H14N2O. The Morgan fingerprint density at radius 2 is 1.90 bits per heavy atom. The molecule has 0 amide bonds. The fraction of sp³-hybridized carbons (Fsp3) is 1.00. The van der Waals surface area contributed by atoms with Crippen molar-refractivity contribution in [1.82, 2.24) is 5.32 Å². The zero-order chi connectivity index (χ0) is 6.97. The highest BCUT2D eigenvalue weighted by Gasteiger charge is 2.29. The van der Waals surface area contributed by atoms with Gasteiger partial charge in [-0.1, -0.05) is 0 Å². The molecule has 1 saturated carbocycles. The average Bonchev–Trinajstić information content (AvgIpc) is 1.72. The minimum Gasteiger partial charge on any atom is -0.378 e. The van der Waals surface area contributed by atoms with Gasteiger partial charge < -0.3 is 15.8 Å². The topological polar surface area (TPSA) is 47.3 Å². The van der Waals surface area contributed by atoms with Crippen LogP contribution in [-0.4, -0.2) is 31.3 Å². The first-order valence-corrected chi connectivity index (χ1v) is 3.94. The molecule has 0 bridgehead atoms. The van der Waals surface area contributed by atoms with E-state index >= 15 is 0 Å². The molecule has 0 aromatic carbocycles. The van der Waals surface area contributed by atoms with Crippen molar-refractivity contribution in [3.05, 3.63) is 0 Å². The van der Waals surface area contributed by atoms with Gasteiger partial charge in [0.05, 0.1) is 19.3 Å². The van der Waals surface area contributed by atoms with Gasteiger partial charge in [-0.25, -0.2) is 0 Å². The van der Waals surface area contributed by atoms with Crippen molar-refractivity contribution in [3.63, 3.8) is 0 Å². The normalized spacial score (nSPS) is 40.5. The van der Waals surface area contributed by atoms with Gasteiger partial charge in [0, 0.05) is 12.1 Å². The molecule has 0 aromatic rings. The Morgan fingerprint density at radius 1 is 1.20 bits per heavy atom. The zero-order valence-corrected chi connectivity index (χ0v) is 6.05. The van der Waals surface area contributed by atoms with Crippen LogP contribution in [0, 0.1) is 0 Å². The highest BCUT2D eigenvalue weighted by Crippen LogP contribution is 2.18. The molecule has 2 aliphatic rings. The molecule has 0 radical (unpaired) electrons. The number of hydrogen-bond acceptors (Lipinski definition) is 3. The lowest BCUT2D eigenvalue weighted by molar-refractivity contribution is -0.0154. The summed E-state index contributed by atoms with van der Waals surface area (Å²) in [6, 6.07) is 1.76. The maximum absolute atomic E-state index is 5.63. The molecule has 0 spiro atoms. The second-order valence-electron chi connectivity index (χ2n) is 3.33. The molecule has 1 aliphatic heterocycles. The van der Waals surface area contributed by atoms with Crippen molar-refractivity contribution in [2.24, 2.45) is 5.73 Å². The summed E-state index contributed by atoms with van der Waals surface area (Å²) in [6.45, 7) is 1.79. The Kier molecular flexibility index (Phi) is 1.64. The second kappa shape index (κ2) is 2.49. The summed E-state index contributed by atoms with van der Waals surface area (Å²) < 4.78 is 5.04. The van der Waals surface area contributed by atoms with Crippen LogP contribution in [0.25, 0.3) is 0 Å². The van der Waals surface area contributed by atoms with Gasteiger partial charge >= 0.3 is 0 Å². The lowest BCUT2D eigenvalue weighted by atomic mass is 9.87. The molecule has 1 heterocycles. The first-order valence-electron chi connectivity index (χ1n) is 3.94. The lowest BCUT2D eigenvalue weighted by Gasteiger charge is -2.38. The van der Waals surface area contributed by atoms with Gasteiger partial charge in [0.2, 0.25) is 0 Å². The van der Waals surface area contributed by atoms with Crippen molar-refractivity contribution in [2.45, 2.75) is 31.0 Å². The third-order valence-corrected chi connectivity index (χ3v) is 2.28. The van der Waals surface area contributed by atoms with Crippen LogP contribution in [0.4, 0.5) is 0 Å². The van der Waals surface area contributed by atoms with Crippen LogP contribution >= 0.6 is 0 Å². The van der Waals surface area contributed by atoms with Gasteiger partial charge in [0.15, 0.2) is 0 Å². The lowest BCUT2D eigenvalue weighted by Crippen LogP contribution is -2.57. The SMILES string of the molecule is NC1CC(NC2COC2)C1. The number of rotatable bonds is 2. The van der Waals surface area contributed by atoms with Crippen LogP contribution in [0.5, 0.6) is 0 Å². The minimum atomic E-state index is 0.457. The van der Waals surface area contributed by atoms with E-state index in [-0.39, 0.29) is 0 Å². The third kappa shape index (κ3) is 1.17. The molecule has 10 heavy (non-hydrogen) atoms. The molecule has 0 atom stereocenters.